The Balaban J connectivity index is 3.92. The second-order valence-electron chi connectivity index (χ2n) is 3.32. The molecule has 0 aliphatic carbocycles. The van der Waals surface area contributed by atoms with Gasteiger partial charge in [-0.3, -0.25) is 9.59 Å². The minimum Gasteiger partial charge on any atom is -0.481 e. The zero-order chi connectivity index (χ0) is 9.78. The maximum absolute atomic E-state index is 10.8. The molecule has 0 aliphatic heterocycles. The van der Waals surface area contributed by atoms with Crippen LogP contribution in [0.2, 0.25) is 0 Å². The van der Waals surface area contributed by atoms with Crippen molar-refractivity contribution in [3.8, 4) is 0 Å². The van der Waals surface area contributed by atoms with E-state index in [0.717, 1.165) is 0 Å². The number of carbonyl (C=O) groups is 2. The molecule has 0 saturated heterocycles. The molecule has 0 aliphatic rings. The van der Waals surface area contributed by atoms with E-state index in [9.17, 15) is 9.59 Å². The number of carboxylic acids is 1. The van der Waals surface area contributed by atoms with Gasteiger partial charge in [-0.15, -0.1) is 0 Å². The standard InChI is InChI=1S/C8H15NO3/c1-4-6(10)9-5-8(2,3)7(11)12/h4-5H2,1-3H3,(H,9,10)(H,11,12). The Labute approximate surface area is 72.0 Å². The number of carboxylic acid groups (broad SMARTS) is 1. The number of aliphatic carboxylic acids is 1. The van der Waals surface area contributed by atoms with E-state index in [1.165, 1.54) is 0 Å². The van der Waals surface area contributed by atoms with E-state index in [-0.39, 0.29) is 12.5 Å². The van der Waals surface area contributed by atoms with Crippen molar-refractivity contribution in [1.29, 1.82) is 0 Å². The third-order valence-corrected chi connectivity index (χ3v) is 1.63. The molecule has 0 bridgehead atoms. The SMILES string of the molecule is CCC(=O)NCC(C)(C)C(=O)O. The quantitative estimate of drug-likeness (QED) is 0.655. The normalized spacial score (nSPS) is 10.9. The Bertz CT molecular complexity index is 187. The molecule has 4 heteroatoms. The Morgan fingerprint density at radius 1 is 1.42 bits per heavy atom. The van der Waals surface area contributed by atoms with E-state index in [1.807, 2.05) is 0 Å². The minimum atomic E-state index is -0.904. The van der Waals surface area contributed by atoms with Crippen molar-refractivity contribution < 1.29 is 14.7 Å². The van der Waals surface area contributed by atoms with Crippen molar-refractivity contribution in [3.05, 3.63) is 0 Å². The summed E-state index contributed by atoms with van der Waals surface area (Å²) >= 11 is 0. The van der Waals surface area contributed by atoms with Crippen LogP contribution in [0.5, 0.6) is 0 Å². The molecule has 0 heterocycles. The number of hydrogen-bond acceptors (Lipinski definition) is 2. The van der Waals surface area contributed by atoms with E-state index in [1.54, 1.807) is 20.8 Å². The molecule has 0 aromatic rings. The van der Waals surface area contributed by atoms with Crippen molar-refractivity contribution in [2.45, 2.75) is 27.2 Å². The van der Waals surface area contributed by atoms with Gasteiger partial charge in [0.2, 0.25) is 5.91 Å². The van der Waals surface area contributed by atoms with E-state index in [0.29, 0.717) is 6.42 Å². The highest BCUT2D eigenvalue weighted by Gasteiger charge is 2.27. The molecule has 0 atom stereocenters. The van der Waals surface area contributed by atoms with Crippen LogP contribution in [0.25, 0.3) is 0 Å². The third-order valence-electron chi connectivity index (χ3n) is 1.63. The fourth-order valence-electron chi connectivity index (χ4n) is 0.520. The van der Waals surface area contributed by atoms with Crippen molar-refractivity contribution in [1.82, 2.24) is 5.32 Å². The summed E-state index contributed by atoms with van der Waals surface area (Å²) in [6, 6.07) is 0. The lowest BCUT2D eigenvalue weighted by Gasteiger charge is -2.18. The predicted molar refractivity (Wildman–Crippen MR) is 44.7 cm³/mol. The van der Waals surface area contributed by atoms with Gasteiger partial charge in [-0.2, -0.15) is 0 Å². The second-order valence-corrected chi connectivity index (χ2v) is 3.32. The summed E-state index contributed by atoms with van der Waals surface area (Å²) < 4.78 is 0. The fraction of sp³-hybridized carbons (Fsp3) is 0.750. The molecule has 0 unspecified atom stereocenters. The summed E-state index contributed by atoms with van der Waals surface area (Å²) in [5.41, 5.74) is -0.884. The van der Waals surface area contributed by atoms with Crippen molar-refractivity contribution >= 4 is 11.9 Å². The van der Waals surface area contributed by atoms with Gasteiger partial charge in [0.05, 0.1) is 5.41 Å². The number of nitrogens with one attached hydrogen (secondary N) is 1. The molecule has 1 amide bonds. The van der Waals surface area contributed by atoms with E-state index in [2.05, 4.69) is 5.32 Å². The van der Waals surface area contributed by atoms with Crippen LogP contribution in [0.15, 0.2) is 0 Å². The molecular formula is C8H15NO3. The highest BCUT2D eigenvalue weighted by Crippen LogP contribution is 2.12. The second kappa shape index (κ2) is 4.09. The highest BCUT2D eigenvalue weighted by molar-refractivity contribution is 5.78. The predicted octanol–water partition coefficient (Wildman–Crippen LogP) is 0.623. The summed E-state index contributed by atoms with van der Waals surface area (Å²) in [5, 5.41) is 11.2. The van der Waals surface area contributed by atoms with E-state index >= 15 is 0 Å². The molecule has 0 radical (unpaired) electrons. The molecule has 4 nitrogen and oxygen atoms in total. The maximum Gasteiger partial charge on any atom is 0.310 e. The monoisotopic (exact) mass is 173 g/mol. The molecule has 0 saturated carbocycles. The average Bonchev–Trinajstić information content (AvgIpc) is 2.00. The Kier molecular flexibility index (Phi) is 3.73. The summed E-state index contributed by atoms with van der Waals surface area (Å²) in [6.07, 6.45) is 0.385. The lowest BCUT2D eigenvalue weighted by atomic mass is 9.94. The van der Waals surface area contributed by atoms with Gasteiger partial charge in [-0.25, -0.2) is 0 Å². The average molecular weight is 173 g/mol. The largest absolute Gasteiger partial charge is 0.481 e. The lowest BCUT2D eigenvalue weighted by molar-refractivity contribution is -0.146. The third kappa shape index (κ3) is 3.37. The first-order valence-electron chi connectivity index (χ1n) is 3.90. The zero-order valence-corrected chi connectivity index (χ0v) is 7.68. The topological polar surface area (TPSA) is 66.4 Å². The molecule has 0 aromatic heterocycles. The van der Waals surface area contributed by atoms with E-state index < -0.39 is 11.4 Å². The van der Waals surface area contributed by atoms with Crippen LogP contribution in [0, 0.1) is 5.41 Å². The Morgan fingerprint density at radius 3 is 2.25 bits per heavy atom. The first-order valence-corrected chi connectivity index (χ1v) is 3.90. The van der Waals surface area contributed by atoms with Crippen molar-refractivity contribution in [3.63, 3.8) is 0 Å². The molecule has 0 fully saturated rings. The fourth-order valence-corrected chi connectivity index (χ4v) is 0.520. The molecule has 0 aromatic carbocycles. The summed E-state index contributed by atoms with van der Waals surface area (Å²) in [5.74, 6) is -1.02. The van der Waals surface area contributed by atoms with E-state index in [4.69, 9.17) is 5.11 Å². The van der Waals surface area contributed by atoms with Crippen LogP contribution >= 0.6 is 0 Å². The van der Waals surface area contributed by atoms with Gasteiger partial charge in [0.25, 0.3) is 0 Å². The van der Waals surface area contributed by atoms with Crippen LogP contribution in [-0.4, -0.2) is 23.5 Å². The van der Waals surface area contributed by atoms with Crippen LogP contribution in [0.1, 0.15) is 27.2 Å². The Morgan fingerprint density at radius 2 is 1.92 bits per heavy atom. The molecular weight excluding hydrogens is 158 g/mol. The number of amides is 1. The summed E-state index contributed by atoms with van der Waals surface area (Å²) in [4.78, 5) is 21.3. The Hall–Kier alpha value is -1.06. The number of carbonyl (C=O) groups excluding carboxylic acids is 1. The highest BCUT2D eigenvalue weighted by atomic mass is 16.4. The summed E-state index contributed by atoms with van der Waals surface area (Å²) in [7, 11) is 0. The molecule has 12 heavy (non-hydrogen) atoms. The smallest absolute Gasteiger partial charge is 0.310 e. The van der Waals surface area contributed by atoms with Crippen molar-refractivity contribution in [2.24, 2.45) is 5.41 Å². The number of rotatable bonds is 4. The first-order chi connectivity index (χ1) is 5.40. The van der Waals surface area contributed by atoms with Crippen LogP contribution in [-0.2, 0) is 9.59 Å². The van der Waals surface area contributed by atoms with Gasteiger partial charge in [0.15, 0.2) is 0 Å². The summed E-state index contributed by atoms with van der Waals surface area (Å²) in [6.45, 7) is 5.05. The van der Waals surface area contributed by atoms with Gasteiger partial charge in [0.1, 0.15) is 0 Å². The van der Waals surface area contributed by atoms with Crippen LogP contribution in [0.4, 0.5) is 0 Å². The minimum absolute atomic E-state index is 0.121. The van der Waals surface area contributed by atoms with Crippen LogP contribution in [0.3, 0.4) is 0 Å². The molecule has 0 spiro atoms. The molecule has 0 rings (SSSR count). The number of hydrogen-bond donors (Lipinski definition) is 2. The van der Waals surface area contributed by atoms with Gasteiger partial charge < -0.3 is 10.4 Å². The van der Waals surface area contributed by atoms with Gasteiger partial charge in [-0.1, -0.05) is 6.92 Å². The first kappa shape index (κ1) is 10.9. The van der Waals surface area contributed by atoms with Gasteiger partial charge in [-0.05, 0) is 13.8 Å². The zero-order valence-electron chi connectivity index (χ0n) is 7.68. The lowest BCUT2D eigenvalue weighted by Crippen LogP contribution is -2.38. The van der Waals surface area contributed by atoms with Crippen molar-refractivity contribution in [2.75, 3.05) is 6.54 Å². The van der Waals surface area contributed by atoms with Gasteiger partial charge in [0, 0.05) is 13.0 Å². The maximum atomic E-state index is 10.8. The molecule has 2 N–H and O–H groups in total. The van der Waals surface area contributed by atoms with Gasteiger partial charge >= 0.3 is 5.97 Å². The molecule has 70 valence electrons. The van der Waals surface area contributed by atoms with Crippen LogP contribution < -0.4 is 5.32 Å².